The van der Waals surface area contributed by atoms with Crippen molar-refractivity contribution < 1.29 is 9.84 Å². The van der Waals surface area contributed by atoms with E-state index in [9.17, 15) is 5.11 Å². The molecule has 0 aliphatic rings. The average Bonchev–Trinajstić information content (AvgIpc) is 2.45. The molecule has 0 amide bonds. The van der Waals surface area contributed by atoms with Crippen LogP contribution >= 0.6 is 0 Å². The molecule has 0 saturated heterocycles. The first-order chi connectivity index (χ1) is 9.23. The van der Waals surface area contributed by atoms with E-state index >= 15 is 0 Å². The van der Waals surface area contributed by atoms with Crippen molar-refractivity contribution in [3.05, 3.63) is 0 Å². The fraction of sp³-hybridized carbons (Fsp3) is 1.00. The molecular formula is C15H34N2O2. The quantitative estimate of drug-likeness (QED) is 0.538. The summed E-state index contributed by atoms with van der Waals surface area (Å²) in [6.45, 7) is 10.6. The molecule has 0 aromatic carbocycles. The minimum absolute atomic E-state index is 0.222. The van der Waals surface area contributed by atoms with Crippen molar-refractivity contribution in [1.82, 2.24) is 10.2 Å². The molecule has 0 heterocycles. The highest BCUT2D eigenvalue weighted by Crippen LogP contribution is 2.10. The second-order valence-corrected chi connectivity index (χ2v) is 5.12. The lowest BCUT2D eigenvalue weighted by atomic mass is 10.1. The number of nitrogens with zero attached hydrogens (tertiary/aromatic N) is 1. The number of rotatable bonds is 13. The van der Waals surface area contributed by atoms with Crippen LogP contribution in [0.5, 0.6) is 0 Å². The van der Waals surface area contributed by atoms with E-state index in [1.807, 2.05) is 0 Å². The minimum atomic E-state index is 0.222. The van der Waals surface area contributed by atoms with Crippen molar-refractivity contribution in [2.45, 2.75) is 58.5 Å². The standard InChI is InChI=1S/C15H34N2O2/c1-5-9-16-14(13-18)8-10-17(11-12-19-4)15(6-2)7-3/h14-16,18H,5-13H2,1-4H3. The summed E-state index contributed by atoms with van der Waals surface area (Å²) in [6.07, 6.45) is 4.45. The van der Waals surface area contributed by atoms with E-state index in [4.69, 9.17) is 4.74 Å². The summed E-state index contributed by atoms with van der Waals surface area (Å²) in [5, 5.41) is 12.8. The van der Waals surface area contributed by atoms with Gasteiger partial charge in [-0.3, -0.25) is 4.90 Å². The van der Waals surface area contributed by atoms with E-state index in [-0.39, 0.29) is 12.6 Å². The van der Waals surface area contributed by atoms with Crippen LogP contribution in [0, 0.1) is 0 Å². The van der Waals surface area contributed by atoms with Crippen LogP contribution in [0.15, 0.2) is 0 Å². The van der Waals surface area contributed by atoms with Crippen LogP contribution in [0.4, 0.5) is 0 Å². The van der Waals surface area contributed by atoms with Gasteiger partial charge in [0, 0.05) is 32.3 Å². The molecule has 4 nitrogen and oxygen atoms in total. The molecule has 0 spiro atoms. The number of nitrogens with one attached hydrogen (secondary N) is 1. The van der Waals surface area contributed by atoms with Crippen LogP contribution in [0.3, 0.4) is 0 Å². The maximum absolute atomic E-state index is 9.39. The predicted octanol–water partition coefficient (Wildman–Crippen LogP) is 1.87. The van der Waals surface area contributed by atoms with E-state index in [0.717, 1.165) is 39.1 Å². The Hall–Kier alpha value is -0.160. The molecule has 1 unspecified atom stereocenters. The molecule has 4 heteroatoms. The molecular weight excluding hydrogens is 240 g/mol. The van der Waals surface area contributed by atoms with E-state index < -0.39 is 0 Å². The predicted molar refractivity (Wildman–Crippen MR) is 81.6 cm³/mol. The summed E-state index contributed by atoms with van der Waals surface area (Å²) in [4.78, 5) is 2.50. The Bertz CT molecular complexity index is 187. The van der Waals surface area contributed by atoms with Gasteiger partial charge in [-0.25, -0.2) is 0 Å². The van der Waals surface area contributed by atoms with Crippen LogP contribution in [0.1, 0.15) is 46.5 Å². The molecule has 19 heavy (non-hydrogen) atoms. The largest absolute Gasteiger partial charge is 0.395 e. The number of aliphatic hydroxyl groups is 1. The van der Waals surface area contributed by atoms with E-state index in [2.05, 4.69) is 31.0 Å². The SMILES string of the molecule is CCCNC(CO)CCN(CCOC)C(CC)CC. The van der Waals surface area contributed by atoms with Gasteiger partial charge in [0.1, 0.15) is 0 Å². The highest BCUT2D eigenvalue weighted by Gasteiger charge is 2.16. The molecule has 0 bridgehead atoms. The van der Waals surface area contributed by atoms with Crippen LogP contribution in [-0.2, 0) is 4.74 Å². The zero-order valence-corrected chi connectivity index (χ0v) is 13.3. The molecule has 0 fully saturated rings. The van der Waals surface area contributed by atoms with Crippen molar-refractivity contribution >= 4 is 0 Å². The highest BCUT2D eigenvalue weighted by atomic mass is 16.5. The van der Waals surface area contributed by atoms with Crippen molar-refractivity contribution in [2.24, 2.45) is 0 Å². The number of hydrogen-bond acceptors (Lipinski definition) is 4. The van der Waals surface area contributed by atoms with Crippen molar-refractivity contribution in [2.75, 3.05) is 40.0 Å². The fourth-order valence-corrected chi connectivity index (χ4v) is 2.42. The molecule has 0 aliphatic carbocycles. The third-order valence-corrected chi connectivity index (χ3v) is 3.71. The first kappa shape index (κ1) is 18.8. The van der Waals surface area contributed by atoms with Gasteiger partial charge in [0.25, 0.3) is 0 Å². The first-order valence-corrected chi connectivity index (χ1v) is 7.80. The summed E-state index contributed by atoms with van der Waals surface area (Å²) in [5.74, 6) is 0. The average molecular weight is 274 g/mol. The minimum Gasteiger partial charge on any atom is -0.395 e. The fourth-order valence-electron chi connectivity index (χ4n) is 2.42. The van der Waals surface area contributed by atoms with Gasteiger partial charge >= 0.3 is 0 Å². The van der Waals surface area contributed by atoms with Gasteiger partial charge < -0.3 is 15.2 Å². The number of methoxy groups -OCH3 is 1. The monoisotopic (exact) mass is 274 g/mol. The normalized spacial score (nSPS) is 13.4. The lowest BCUT2D eigenvalue weighted by Crippen LogP contribution is -2.42. The Morgan fingerprint density at radius 3 is 2.32 bits per heavy atom. The number of aliphatic hydroxyl groups excluding tert-OH is 1. The molecule has 116 valence electrons. The van der Waals surface area contributed by atoms with E-state index in [1.165, 1.54) is 12.8 Å². The van der Waals surface area contributed by atoms with E-state index in [0.29, 0.717) is 6.04 Å². The lowest BCUT2D eigenvalue weighted by Gasteiger charge is -2.31. The van der Waals surface area contributed by atoms with Gasteiger partial charge in [0.2, 0.25) is 0 Å². The molecule has 0 rings (SSSR count). The zero-order chi connectivity index (χ0) is 14.5. The van der Waals surface area contributed by atoms with Crippen LogP contribution < -0.4 is 5.32 Å². The van der Waals surface area contributed by atoms with Crippen LogP contribution in [-0.4, -0.2) is 62.0 Å². The Kier molecular flexibility index (Phi) is 12.7. The van der Waals surface area contributed by atoms with Gasteiger partial charge in [-0.15, -0.1) is 0 Å². The maximum atomic E-state index is 9.39. The van der Waals surface area contributed by atoms with Crippen LogP contribution in [0.2, 0.25) is 0 Å². The van der Waals surface area contributed by atoms with Gasteiger partial charge in [-0.05, 0) is 32.2 Å². The van der Waals surface area contributed by atoms with Gasteiger partial charge in [0.05, 0.1) is 13.2 Å². The molecule has 0 aliphatic heterocycles. The lowest BCUT2D eigenvalue weighted by molar-refractivity contribution is 0.108. The number of hydrogen-bond donors (Lipinski definition) is 2. The molecule has 0 radical (unpaired) electrons. The Morgan fingerprint density at radius 2 is 1.84 bits per heavy atom. The molecule has 0 aromatic rings. The van der Waals surface area contributed by atoms with Gasteiger partial charge in [0.15, 0.2) is 0 Å². The van der Waals surface area contributed by atoms with Crippen LogP contribution in [0.25, 0.3) is 0 Å². The van der Waals surface area contributed by atoms with Crippen molar-refractivity contribution in [3.8, 4) is 0 Å². The maximum Gasteiger partial charge on any atom is 0.0589 e. The van der Waals surface area contributed by atoms with E-state index in [1.54, 1.807) is 7.11 Å². The Balaban J connectivity index is 4.20. The zero-order valence-electron chi connectivity index (χ0n) is 13.3. The second-order valence-electron chi connectivity index (χ2n) is 5.12. The summed E-state index contributed by atoms with van der Waals surface area (Å²) in [6, 6.07) is 0.847. The second kappa shape index (κ2) is 12.9. The number of ether oxygens (including phenoxy) is 1. The summed E-state index contributed by atoms with van der Waals surface area (Å²) in [5.41, 5.74) is 0. The molecule has 0 aromatic heterocycles. The van der Waals surface area contributed by atoms with Gasteiger partial charge in [-0.1, -0.05) is 20.8 Å². The Morgan fingerprint density at radius 1 is 1.16 bits per heavy atom. The van der Waals surface area contributed by atoms with Crippen molar-refractivity contribution in [1.29, 1.82) is 0 Å². The third-order valence-electron chi connectivity index (χ3n) is 3.71. The smallest absolute Gasteiger partial charge is 0.0589 e. The first-order valence-electron chi connectivity index (χ1n) is 7.80. The summed E-state index contributed by atoms with van der Waals surface area (Å²) >= 11 is 0. The highest BCUT2D eigenvalue weighted by molar-refractivity contribution is 4.73. The van der Waals surface area contributed by atoms with Crippen molar-refractivity contribution in [3.63, 3.8) is 0 Å². The molecule has 0 saturated carbocycles. The topological polar surface area (TPSA) is 44.7 Å². The Labute approximate surface area is 119 Å². The third kappa shape index (κ3) is 8.58. The molecule has 2 N–H and O–H groups in total. The van der Waals surface area contributed by atoms with Gasteiger partial charge in [-0.2, -0.15) is 0 Å². The summed E-state index contributed by atoms with van der Waals surface area (Å²) in [7, 11) is 1.75. The molecule has 1 atom stereocenters. The summed E-state index contributed by atoms with van der Waals surface area (Å²) < 4.78 is 5.20.